The molecule has 0 atom stereocenters. The lowest BCUT2D eigenvalue weighted by Gasteiger charge is -2.18. The van der Waals surface area contributed by atoms with Crippen molar-refractivity contribution in [3.63, 3.8) is 0 Å². The van der Waals surface area contributed by atoms with Gasteiger partial charge in [0.05, 0.1) is 5.56 Å². The van der Waals surface area contributed by atoms with E-state index in [9.17, 15) is 9.59 Å². The summed E-state index contributed by atoms with van der Waals surface area (Å²) in [4.78, 5) is 25.1. The van der Waals surface area contributed by atoms with Crippen molar-refractivity contribution >= 4 is 17.6 Å². The number of amides is 1. The first-order valence-electron chi connectivity index (χ1n) is 6.30. The molecule has 1 amide bonds. The van der Waals surface area contributed by atoms with Gasteiger partial charge >= 0.3 is 5.97 Å². The summed E-state index contributed by atoms with van der Waals surface area (Å²) in [5.74, 6) is -0.700. The second-order valence-corrected chi connectivity index (χ2v) is 4.21. The number of likely N-dealkylation sites (N-methyl/N-ethyl adjacent to an activating group) is 1. The van der Waals surface area contributed by atoms with E-state index < -0.39 is 5.97 Å². The Labute approximate surface area is 113 Å². The second kappa shape index (κ2) is 6.78. The number of esters is 1. The third-order valence-corrected chi connectivity index (χ3v) is 2.95. The summed E-state index contributed by atoms with van der Waals surface area (Å²) in [5, 5.41) is 0. The van der Waals surface area contributed by atoms with E-state index >= 15 is 0 Å². The molecule has 1 aromatic carbocycles. The van der Waals surface area contributed by atoms with Crippen LogP contribution in [0.4, 0.5) is 5.69 Å². The van der Waals surface area contributed by atoms with Crippen molar-refractivity contribution in [1.82, 2.24) is 4.90 Å². The molecule has 1 rings (SSSR count). The van der Waals surface area contributed by atoms with Gasteiger partial charge in [0.1, 0.15) is 0 Å². The lowest BCUT2D eigenvalue weighted by atomic mass is 10.1. The number of carbonyl (C=O) groups excluding carboxylic acids is 2. The van der Waals surface area contributed by atoms with Crippen LogP contribution >= 0.6 is 0 Å². The van der Waals surface area contributed by atoms with Gasteiger partial charge in [-0.1, -0.05) is 0 Å². The Morgan fingerprint density at radius 2 is 1.89 bits per heavy atom. The molecule has 0 fully saturated rings. The molecule has 1 aromatic rings. The van der Waals surface area contributed by atoms with Crippen molar-refractivity contribution in [1.29, 1.82) is 0 Å². The van der Waals surface area contributed by atoms with Crippen molar-refractivity contribution < 1.29 is 14.3 Å². The van der Waals surface area contributed by atoms with E-state index in [1.165, 1.54) is 0 Å². The lowest BCUT2D eigenvalue weighted by molar-refractivity contribution is -0.134. The maximum absolute atomic E-state index is 11.8. The summed E-state index contributed by atoms with van der Waals surface area (Å²) < 4.78 is 5.00. The molecule has 0 aliphatic heterocycles. The molecule has 19 heavy (non-hydrogen) atoms. The number of hydrogen-bond donors (Lipinski definition) is 1. The third kappa shape index (κ3) is 3.98. The molecule has 0 aliphatic rings. The van der Waals surface area contributed by atoms with Gasteiger partial charge in [0.2, 0.25) is 0 Å². The molecule has 0 aromatic heterocycles. The number of ether oxygens (including phenoxy) is 1. The molecule has 0 aliphatic carbocycles. The summed E-state index contributed by atoms with van der Waals surface area (Å²) in [5.41, 5.74) is 7.51. The first-order chi connectivity index (χ1) is 8.99. The maximum Gasteiger partial charge on any atom is 0.338 e. The molecule has 0 bridgehead atoms. The highest BCUT2D eigenvalue weighted by Crippen LogP contribution is 2.13. The van der Waals surface area contributed by atoms with E-state index in [0.29, 0.717) is 24.3 Å². The number of nitrogen functional groups attached to an aromatic ring is 1. The fourth-order valence-electron chi connectivity index (χ4n) is 1.68. The van der Waals surface area contributed by atoms with E-state index in [2.05, 4.69) is 0 Å². The quantitative estimate of drug-likeness (QED) is 0.647. The maximum atomic E-state index is 11.8. The Bertz CT molecular complexity index is 468. The van der Waals surface area contributed by atoms with Gasteiger partial charge in [-0.15, -0.1) is 0 Å². The van der Waals surface area contributed by atoms with Gasteiger partial charge in [-0.3, -0.25) is 4.79 Å². The molecule has 0 radical (unpaired) electrons. The Kier molecular flexibility index (Phi) is 5.36. The number of anilines is 1. The van der Waals surface area contributed by atoms with Crippen LogP contribution in [-0.4, -0.2) is 36.5 Å². The highest BCUT2D eigenvalue weighted by molar-refractivity contribution is 5.92. The van der Waals surface area contributed by atoms with Gasteiger partial charge in [-0.05, 0) is 44.5 Å². The minimum atomic E-state index is -0.511. The number of nitrogens with two attached hydrogens (primary N) is 1. The summed E-state index contributed by atoms with van der Waals surface area (Å²) in [6, 6.07) is 4.89. The molecule has 0 heterocycles. The van der Waals surface area contributed by atoms with Crippen molar-refractivity contribution in [3.05, 3.63) is 29.3 Å². The number of benzene rings is 1. The van der Waals surface area contributed by atoms with Crippen molar-refractivity contribution in [2.75, 3.05) is 25.4 Å². The first kappa shape index (κ1) is 15.0. The smallest absolute Gasteiger partial charge is 0.338 e. The summed E-state index contributed by atoms with van der Waals surface area (Å²) in [7, 11) is 0. The molecule has 104 valence electrons. The zero-order valence-electron chi connectivity index (χ0n) is 11.6. The van der Waals surface area contributed by atoms with Crippen molar-refractivity contribution in [3.8, 4) is 0 Å². The number of rotatable bonds is 5. The topological polar surface area (TPSA) is 72.6 Å². The normalized spacial score (nSPS) is 10.1. The molecular weight excluding hydrogens is 244 g/mol. The molecule has 5 heteroatoms. The molecule has 0 spiro atoms. The van der Waals surface area contributed by atoms with Crippen LogP contribution in [0.5, 0.6) is 0 Å². The highest BCUT2D eigenvalue weighted by atomic mass is 16.5. The molecular formula is C14H20N2O3. The first-order valence-corrected chi connectivity index (χ1v) is 6.30. The van der Waals surface area contributed by atoms with Crippen LogP contribution in [0.25, 0.3) is 0 Å². The average molecular weight is 264 g/mol. The predicted octanol–water partition coefficient (Wildman–Crippen LogP) is 1.60. The second-order valence-electron chi connectivity index (χ2n) is 4.21. The number of carbonyl (C=O) groups is 2. The molecule has 0 saturated heterocycles. The van der Waals surface area contributed by atoms with Gasteiger partial charge in [0.25, 0.3) is 5.91 Å². The van der Waals surface area contributed by atoms with Crippen LogP contribution in [0, 0.1) is 6.92 Å². The molecule has 0 unspecified atom stereocenters. The van der Waals surface area contributed by atoms with Gasteiger partial charge in [-0.2, -0.15) is 0 Å². The van der Waals surface area contributed by atoms with E-state index in [-0.39, 0.29) is 12.5 Å². The average Bonchev–Trinajstić information content (AvgIpc) is 2.40. The zero-order valence-corrected chi connectivity index (χ0v) is 11.6. The standard InChI is InChI=1S/C14H20N2O3/c1-4-16(5-2)13(17)9-19-14(18)11-6-7-12(15)10(3)8-11/h6-8H,4-5,9,15H2,1-3H3. The summed E-state index contributed by atoms with van der Waals surface area (Å²) >= 11 is 0. The fourth-order valence-corrected chi connectivity index (χ4v) is 1.68. The number of aryl methyl sites for hydroxylation is 1. The summed E-state index contributed by atoms with van der Waals surface area (Å²) in [6.45, 7) is 6.55. The van der Waals surface area contributed by atoms with Crippen LogP contribution in [0.15, 0.2) is 18.2 Å². The van der Waals surface area contributed by atoms with Gasteiger partial charge < -0.3 is 15.4 Å². The number of hydrogen-bond acceptors (Lipinski definition) is 4. The minimum absolute atomic E-state index is 0.189. The molecule has 0 saturated carbocycles. The van der Waals surface area contributed by atoms with Gasteiger partial charge in [0, 0.05) is 18.8 Å². The Morgan fingerprint density at radius 1 is 1.26 bits per heavy atom. The Morgan fingerprint density at radius 3 is 2.42 bits per heavy atom. The van der Waals surface area contributed by atoms with Gasteiger partial charge in [-0.25, -0.2) is 4.79 Å². The van der Waals surface area contributed by atoms with E-state index in [1.54, 1.807) is 23.1 Å². The molecule has 5 nitrogen and oxygen atoms in total. The van der Waals surface area contributed by atoms with E-state index in [0.717, 1.165) is 5.56 Å². The van der Waals surface area contributed by atoms with Crippen molar-refractivity contribution in [2.24, 2.45) is 0 Å². The van der Waals surface area contributed by atoms with E-state index in [1.807, 2.05) is 20.8 Å². The van der Waals surface area contributed by atoms with Crippen LogP contribution in [0.1, 0.15) is 29.8 Å². The monoisotopic (exact) mass is 264 g/mol. The third-order valence-electron chi connectivity index (χ3n) is 2.95. The molecule has 2 N–H and O–H groups in total. The lowest BCUT2D eigenvalue weighted by Crippen LogP contribution is -2.34. The zero-order chi connectivity index (χ0) is 14.4. The Hall–Kier alpha value is -2.04. The SMILES string of the molecule is CCN(CC)C(=O)COC(=O)c1ccc(N)c(C)c1. The minimum Gasteiger partial charge on any atom is -0.452 e. The van der Waals surface area contributed by atoms with Crippen LogP contribution in [0.3, 0.4) is 0 Å². The van der Waals surface area contributed by atoms with Crippen LogP contribution in [0.2, 0.25) is 0 Å². The van der Waals surface area contributed by atoms with E-state index in [4.69, 9.17) is 10.5 Å². The van der Waals surface area contributed by atoms with Crippen LogP contribution < -0.4 is 5.73 Å². The fraction of sp³-hybridized carbons (Fsp3) is 0.429. The summed E-state index contributed by atoms with van der Waals surface area (Å²) in [6.07, 6.45) is 0. The van der Waals surface area contributed by atoms with Gasteiger partial charge in [0.15, 0.2) is 6.61 Å². The highest BCUT2D eigenvalue weighted by Gasteiger charge is 2.14. The Balaban J connectivity index is 2.60. The van der Waals surface area contributed by atoms with Crippen LogP contribution in [-0.2, 0) is 9.53 Å². The number of nitrogens with zero attached hydrogens (tertiary/aromatic N) is 1. The van der Waals surface area contributed by atoms with Crippen molar-refractivity contribution in [2.45, 2.75) is 20.8 Å². The largest absolute Gasteiger partial charge is 0.452 e. The predicted molar refractivity (Wildman–Crippen MR) is 73.8 cm³/mol.